The summed E-state index contributed by atoms with van der Waals surface area (Å²) in [4.78, 5) is 32.4. The molecule has 11 nitrogen and oxygen atoms in total. The molecule has 260 valence electrons. The predicted molar refractivity (Wildman–Crippen MR) is 193 cm³/mol. The van der Waals surface area contributed by atoms with Crippen molar-refractivity contribution in [3.63, 3.8) is 0 Å². The van der Waals surface area contributed by atoms with Gasteiger partial charge in [0.05, 0.1) is 42.0 Å². The van der Waals surface area contributed by atoms with Crippen molar-refractivity contribution in [3.05, 3.63) is 108 Å². The lowest BCUT2D eigenvalue weighted by atomic mass is 10.0. The molecule has 2 N–H and O–H groups in total. The molecule has 3 aromatic heterocycles. The fraction of sp³-hybridized carbons (Fsp3) is 0.211. The molecule has 0 spiro atoms. The van der Waals surface area contributed by atoms with Gasteiger partial charge >= 0.3 is 0 Å². The molecule has 51 heavy (non-hydrogen) atoms. The van der Waals surface area contributed by atoms with Gasteiger partial charge in [-0.05, 0) is 74.6 Å². The maximum atomic E-state index is 14.4. The molecule has 0 atom stereocenters. The Bertz CT molecular complexity index is 2200. The highest BCUT2D eigenvalue weighted by molar-refractivity contribution is 6.07. The number of benzene rings is 3. The molecule has 1 amide bonds. The number of ether oxygens (including phenoxy) is 2. The van der Waals surface area contributed by atoms with Crippen molar-refractivity contribution >= 4 is 34.6 Å². The summed E-state index contributed by atoms with van der Waals surface area (Å²) < 4.78 is 42.2. The van der Waals surface area contributed by atoms with Crippen molar-refractivity contribution in [2.24, 2.45) is 0 Å². The second-order valence-corrected chi connectivity index (χ2v) is 12.0. The van der Waals surface area contributed by atoms with E-state index in [4.69, 9.17) is 19.4 Å². The summed E-state index contributed by atoms with van der Waals surface area (Å²) in [6.07, 6.45) is 3.53. The molecule has 0 saturated carbocycles. The van der Waals surface area contributed by atoms with Crippen molar-refractivity contribution in [1.82, 2.24) is 24.3 Å². The molecule has 7 rings (SSSR count). The number of anilines is 4. The van der Waals surface area contributed by atoms with Gasteiger partial charge < -0.3 is 29.9 Å². The van der Waals surface area contributed by atoms with E-state index in [0.717, 1.165) is 49.7 Å². The van der Waals surface area contributed by atoms with Gasteiger partial charge in [0.25, 0.3) is 5.91 Å². The normalized spacial score (nSPS) is 13.3. The summed E-state index contributed by atoms with van der Waals surface area (Å²) in [5.74, 6) is -1.28. The molecule has 3 aromatic carbocycles. The standard InChI is InChI=1S/C38H36F2N8O3/c1-4-51-32-23-25(47-20-18-46(2)19-21-47)12-13-29(32)42-38-41-16-15-30(43-38)36-34(44-33-10-5-6-17-48(33)36)24-11-14-31(50-3)26(22-24)37(49)45-35-27(39)8-7-9-28(35)40/h5-17,22-23H,4,18-21H2,1-3H3,(H,45,49)(H,41,42,43). The second kappa shape index (κ2) is 14.4. The zero-order chi connectivity index (χ0) is 35.5. The Labute approximate surface area is 293 Å². The molecular formula is C38H36F2N8O3. The maximum absolute atomic E-state index is 14.4. The van der Waals surface area contributed by atoms with Crippen molar-refractivity contribution < 1.29 is 23.0 Å². The van der Waals surface area contributed by atoms with E-state index in [0.29, 0.717) is 46.6 Å². The van der Waals surface area contributed by atoms with Crippen LogP contribution < -0.4 is 25.0 Å². The zero-order valence-corrected chi connectivity index (χ0v) is 28.4. The van der Waals surface area contributed by atoms with E-state index in [-0.39, 0.29) is 11.3 Å². The first-order chi connectivity index (χ1) is 24.8. The van der Waals surface area contributed by atoms with Crippen LogP contribution in [0.5, 0.6) is 11.5 Å². The number of amides is 1. The predicted octanol–water partition coefficient (Wildman–Crippen LogP) is 6.89. The number of aromatic nitrogens is 4. The fourth-order valence-corrected chi connectivity index (χ4v) is 6.09. The lowest BCUT2D eigenvalue weighted by Crippen LogP contribution is -2.44. The first-order valence-corrected chi connectivity index (χ1v) is 16.5. The van der Waals surface area contributed by atoms with Crippen molar-refractivity contribution in [1.29, 1.82) is 0 Å². The van der Waals surface area contributed by atoms with Crippen LogP contribution in [0, 0.1) is 11.6 Å². The van der Waals surface area contributed by atoms with Gasteiger partial charge in [-0.3, -0.25) is 9.20 Å². The largest absolute Gasteiger partial charge is 0.496 e. The van der Waals surface area contributed by atoms with E-state index in [1.54, 1.807) is 30.5 Å². The minimum atomic E-state index is -0.895. The monoisotopic (exact) mass is 690 g/mol. The molecule has 13 heteroatoms. The molecule has 0 bridgehead atoms. The Morgan fingerprint density at radius 2 is 1.71 bits per heavy atom. The summed E-state index contributed by atoms with van der Waals surface area (Å²) >= 11 is 0. The molecule has 0 radical (unpaired) electrons. The van der Waals surface area contributed by atoms with Crippen molar-refractivity contribution in [3.8, 4) is 34.1 Å². The van der Waals surface area contributed by atoms with Gasteiger partial charge in [0.1, 0.15) is 34.5 Å². The van der Waals surface area contributed by atoms with Crippen LogP contribution in [0.4, 0.5) is 31.8 Å². The minimum Gasteiger partial charge on any atom is -0.496 e. The van der Waals surface area contributed by atoms with Gasteiger partial charge in [-0.15, -0.1) is 0 Å². The minimum absolute atomic E-state index is 0.0641. The first kappa shape index (κ1) is 33.4. The topological polar surface area (TPSA) is 109 Å². The number of piperazine rings is 1. The lowest BCUT2D eigenvalue weighted by Gasteiger charge is -2.34. The number of hydrogen-bond acceptors (Lipinski definition) is 9. The SMILES string of the molecule is CCOc1cc(N2CCN(C)CC2)ccc1Nc1nccc(-c2c(-c3ccc(OC)c(C(=O)Nc4c(F)cccc4F)c3)nc3ccccn23)n1. The molecule has 4 heterocycles. The number of carbonyl (C=O) groups excluding carboxylic acids is 1. The van der Waals surface area contributed by atoms with E-state index in [1.165, 1.54) is 13.2 Å². The summed E-state index contributed by atoms with van der Waals surface area (Å²) in [5.41, 5.74) is 4.25. The summed E-state index contributed by atoms with van der Waals surface area (Å²) in [6.45, 7) is 6.30. The number of imidazole rings is 1. The van der Waals surface area contributed by atoms with Crippen LogP contribution in [0.2, 0.25) is 0 Å². The van der Waals surface area contributed by atoms with Gasteiger partial charge in [-0.1, -0.05) is 12.1 Å². The quantitative estimate of drug-likeness (QED) is 0.159. The molecule has 1 saturated heterocycles. The smallest absolute Gasteiger partial charge is 0.259 e. The van der Waals surface area contributed by atoms with Crippen LogP contribution in [-0.4, -0.2) is 77.1 Å². The van der Waals surface area contributed by atoms with E-state index in [9.17, 15) is 13.6 Å². The zero-order valence-electron chi connectivity index (χ0n) is 28.4. The first-order valence-electron chi connectivity index (χ1n) is 16.5. The third kappa shape index (κ3) is 6.88. The number of nitrogens with zero attached hydrogens (tertiary/aromatic N) is 6. The van der Waals surface area contributed by atoms with Gasteiger partial charge in [0.2, 0.25) is 5.95 Å². The Kier molecular flexibility index (Phi) is 9.45. The highest BCUT2D eigenvalue weighted by Crippen LogP contribution is 2.36. The van der Waals surface area contributed by atoms with Crippen LogP contribution >= 0.6 is 0 Å². The third-order valence-electron chi connectivity index (χ3n) is 8.73. The van der Waals surface area contributed by atoms with Crippen LogP contribution in [-0.2, 0) is 0 Å². The lowest BCUT2D eigenvalue weighted by molar-refractivity contribution is 0.102. The number of rotatable bonds is 10. The fourth-order valence-electron chi connectivity index (χ4n) is 6.09. The number of nitrogens with one attached hydrogen (secondary N) is 2. The highest BCUT2D eigenvalue weighted by atomic mass is 19.1. The molecule has 1 fully saturated rings. The molecule has 0 unspecified atom stereocenters. The average molecular weight is 691 g/mol. The van der Waals surface area contributed by atoms with Gasteiger partial charge in [-0.25, -0.2) is 23.7 Å². The number of pyridine rings is 1. The van der Waals surface area contributed by atoms with Crippen molar-refractivity contribution in [2.75, 3.05) is 62.5 Å². The van der Waals surface area contributed by atoms with Gasteiger partial charge in [-0.2, -0.15) is 0 Å². The number of likely N-dealkylation sites (N-methyl/N-ethyl adjacent to an activating group) is 1. The summed E-state index contributed by atoms with van der Waals surface area (Å²) in [5, 5.41) is 5.69. The maximum Gasteiger partial charge on any atom is 0.259 e. The molecule has 0 aliphatic carbocycles. The number of fused-ring (bicyclic) bond motifs is 1. The Morgan fingerprint density at radius 1 is 0.902 bits per heavy atom. The number of carbonyl (C=O) groups is 1. The summed E-state index contributed by atoms with van der Waals surface area (Å²) in [6, 6.07) is 21.8. The third-order valence-corrected chi connectivity index (χ3v) is 8.73. The van der Waals surface area contributed by atoms with Crippen LogP contribution in [0.15, 0.2) is 91.3 Å². The number of methoxy groups -OCH3 is 1. The van der Waals surface area contributed by atoms with Gasteiger partial charge in [0, 0.05) is 55.9 Å². The Morgan fingerprint density at radius 3 is 2.47 bits per heavy atom. The van der Waals surface area contributed by atoms with Crippen LogP contribution in [0.25, 0.3) is 28.3 Å². The molecule has 1 aliphatic heterocycles. The molecular weight excluding hydrogens is 654 g/mol. The number of hydrogen-bond donors (Lipinski definition) is 2. The number of para-hydroxylation sites is 1. The Balaban J connectivity index is 1.24. The van der Waals surface area contributed by atoms with E-state index in [1.807, 2.05) is 47.9 Å². The van der Waals surface area contributed by atoms with E-state index >= 15 is 0 Å². The highest BCUT2D eigenvalue weighted by Gasteiger charge is 2.23. The molecule has 1 aliphatic rings. The van der Waals surface area contributed by atoms with Crippen molar-refractivity contribution in [2.45, 2.75) is 6.92 Å². The number of halogens is 2. The second-order valence-electron chi connectivity index (χ2n) is 12.0. The average Bonchev–Trinajstić information content (AvgIpc) is 3.54. The van der Waals surface area contributed by atoms with Crippen LogP contribution in [0.3, 0.4) is 0 Å². The summed E-state index contributed by atoms with van der Waals surface area (Å²) in [7, 11) is 3.55. The van der Waals surface area contributed by atoms with E-state index < -0.39 is 23.2 Å². The van der Waals surface area contributed by atoms with E-state index in [2.05, 4.69) is 38.5 Å². The van der Waals surface area contributed by atoms with Gasteiger partial charge in [0.15, 0.2) is 0 Å². The molecule has 6 aromatic rings. The van der Waals surface area contributed by atoms with Crippen LogP contribution in [0.1, 0.15) is 17.3 Å². The Hall–Kier alpha value is -6.08.